The molecule has 0 aliphatic carbocycles. The Morgan fingerprint density at radius 2 is 1.94 bits per heavy atom. The molecule has 1 rings (SSSR count). The number of carbonyl (C=O) groups excluding carboxylic acids is 1. The first kappa shape index (κ1) is 13.4. The fraction of sp³-hybridized carbons (Fsp3) is 0.545. The molecule has 0 N–H and O–H groups in total. The van der Waals surface area contributed by atoms with Crippen LogP contribution in [0.4, 0.5) is 0 Å². The number of rotatable bonds is 5. The molecule has 0 aromatic carbocycles. The number of furan rings is 1. The van der Waals surface area contributed by atoms with E-state index in [2.05, 4.69) is 0 Å². The minimum atomic E-state index is -0.176. The highest BCUT2D eigenvalue weighted by molar-refractivity contribution is 6.21. The van der Waals surface area contributed by atoms with E-state index in [1.165, 1.54) is 6.26 Å². The highest BCUT2D eigenvalue weighted by Gasteiger charge is 2.20. The summed E-state index contributed by atoms with van der Waals surface area (Å²) in [6, 6.07) is 3.31. The monoisotopic (exact) mass is 263 g/mol. The van der Waals surface area contributed by atoms with E-state index in [-0.39, 0.29) is 16.7 Å². The van der Waals surface area contributed by atoms with Crippen molar-refractivity contribution in [2.24, 2.45) is 0 Å². The molecule has 90 valence electrons. The Morgan fingerprint density at radius 1 is 1.38 bits per heavy atom. The lowest BCUT2D eigenvalue weighted by atomic mass is 10.3. The fourth-order valence-corrected chi connectivity index (χ4v) is 1.74. The number of nitrogens with zero attached hydrogens (tertiary/aromatic N) is 1. The van der Waals surface area contributed by atoms with Crippen molar-refractivity contribution in [1.82, 2.24) is 4.90 Å². The van der Waals surface area contributed by atoms with Crippen LogP contribution in [0.3, 0.4) is 0 Å². The number of alkyl halides is 2. The standard InChI is InChI=1S/C11H15Cl2NO2/c1-8(12)6-14(7-9(2)13)11(15)10-4-3-5-16-10/h3-5,8-9H,6-7H2,1-2H3. The van der Waals surface area contributed by atoms with Gasteiger partial charge in [-0.3, -0.25) is 4.79 Å². The zero-order chi connectivity index (χ0) is 12.1. The van der Waals surface area contributed by atoms with E-state index in [9.17, 15) is 4.79 Å². The van der Waals surface area contributed by atoms with Crippen LogP contribution in [0.25, 0.3) is 0 Å². The number of carbonyl (C=O) groups is 1. The smallest absolute Gasteiger partial charge is 0.289 e. The van der Waals surface area contributed by atoms with Crippen molar-refractivity contribution in [3.8, 4) is 0 Å². The summed E-state index contributed by atoms with van der Waals surface area (Å²) in [7, 11) is 0. The van der Waals surface area contributed by atoms with Crippen LogP contribution in [0.15, 0.2) is 22.8 Å². The van der Waals surface area contributed by atoms with E-state index >= 15 is 0 Å². The molecule has 2 atom stereocenters. The van der Waals surface area contributed by atoms with Crippen LogP contribution >= 0.6 is 23.2 Å². The molecule has 1 aromatic heterocycles. The maximum atomic E-state index is 12.0. The molecule has 0 fully saturated rings. The lowest BCUT2D eigenvalue weighted by Gasteiger charge is -2.23. The van der Waals surface area contributed by atoms with Crippen molar-refractivity contribution in [3.05, 3.63) is 24.2 Å². The van der Waals surface area contributed by atoms with Crippen molar-refractivity contribution in [2.75, 3.05) is 13.1 Å². The minimum absolute atomic E-state index is 0.116. The maximum absolute atomic E-state index is 12.0. The Morgan fingerprint density at radius 3 is 2.31 bits per heavy atom. The van der Waals surface area contributed by atoms with Gasteiger partial charge in [0.1, 0.15) is 0 Å². The van der Waals surface area contributed by atoms with Crippen molar-refractivity contribution in [2.45, 2.75) is 24.6 Å². The quantitative estimate of drug-likeness (QED) is 0.766. The fourth-order valence-electron chi connectivity index (χ4n) is 1.40. The van der Waals surface area contributed by atoms with Crippen LogP contribution in [0.5, 0.6) is 0 Å². The van der Waals surface area contributed by atoms with Gasteiger partial charge in [-0.2, -0.15) is 0 Å². The molecule has 0 saturated heterocycles. The van der Waals surface area contributed by atoms with Gasteiger partial charge in [0.05, 0.1) is 6.26 Å². The summed E-state index contributed by atoms with van der Waals surface area (Å²) < 4.78 is 5.06. The second-order valence-electron chi connectivity index (χ2n) is 3.75. The molecule has 0 bridgehead atoms. The van der Waals surface area contributed by atoms with Crippen LogP contribution in [0.1, 0.15) is 24.4 Å². The van der Waals surface area contributed by atoms with Crippen LogP contribution in [-0.4, -0.2) is 34.7 Å². The number of halogens is 2. The number of hydrogen-bond acceptors (Lipinski definition) is 2. The first-order valence-corrected chi connectivity index (χ1v) is 5.99. The highest BCUT2D eigenvalue weighted by atomic mass is 35.5. The van der Waals surface area contributed by atoms with Gasteiger partial charge in [-0.15, -0.1) is 23.2 Å². The van der Waals surface area contributed by atoms with Gasteiger partial charge in [0, 0.05) is 23.8 Å². The zero-order valence-electron chi connectivity index (χ0n) is 9.32. The third-order valence-corrected chi connectivity index (χ3v) is 2.24. The Balaban J connectivity index is 2.71. The third kappa shape index (κ3) is 4.06. The summed E-state index contributed by atoms with van der Waals surface area (Å²) in [6.45, 7) is 4.59. The van der Waals surface area contributed by atoms with Crippen LogP contribution < -0.4 is 0 Å². The molecule has 0 aliphatic heterocycles. The summed E-state index contributed by atoms with van der Waals surface area (Å²) >= 11 is 11.8. The Labute approximate surface area is 105 Å². The van der Waals surface area contributed by atoms with E-state index in [1.54, 1.807) is 17.0 Å². The van der Waals surface area contributed by atoms with Crippen molar-refractivity contribution in [3.63, 3.8) is 0 Å². The molecule has 5 heteroatoms. The van der Waals surface area contributed by atoms with E-state index in [0.717, 1.165) is 0 Å². The molecular weight excluding hydrogens is 249 g/mol. The van der Waals surface area contributed by atoms with Crippen molar-refractivity contribution < 1.29 is 9.21 Å². The molecule has 16 heavy (non-hydrogen) atoms. The van der Waals surface area contributed by atoms with Gasteiger partial charge in [0.15, 0.2) is 5.76 Å². The Bertz CT molecular complexity index is 313. The number of amides is 1. The van der Waals surface area contributed by atoms with Gasteiger partial charge < -0.3 is 9.32 Å². The predicted molar refractivity (Wildman–Crippen MR) is 65.2 cm³/mol. The van der Waals surface area contributed by atoms with E-state index in [1.807, 2.05) is 13.8 Å². The summed E-state index contributed by atoms with van der Waals surface area (Å²) in [5.41, 5.74) is 0. The summed E-state index contributed by atoms with van der Waals surface area (Å²) in [5.74, 6) is 0.139. The lowest BCUT2D eigenvalue weighted by molar-refractivity contribution is 0.0726. The molecule has 1 aromatic rings. The first-order chi connectivity index (χ1) is 7.50. The minimum Gasteiger partial charge on any atom is -0.459 e. The molecule has 1 amide bonds. The Hall–Kier alpha value is -0.670. The normalized spacial score (nSPS) is 14.5. The largest absolute Gasteiger partial charge is 0.459 e. The van der Waals surface area contributed by atoms with Crippen molar-refractivity contribution >= 4 is 29.1 Å². The predicted octanol–water partition coefficient (Wildman–Crippen LogP) is 2.98. The molecule has 0 spiro atoms. The van der Waals surface area contributed by atoms with E-state index in [4.69, 9.17) is 27.6 Å². The van der Waals surface area contributed by atoms with Crippen molar-refractivity contribution in [1.29, 1.82) is 0 Å². The highest BCUT2D eigenvalue weighted by Crippen LogP contribution is 2.10. The van der Waals surface area contributed by atoms with Gasteiger partial charge in [0.25, 0.3) is 5.91 Å². The van der Waals surface area contributed by atoms with E-state index < -0.39 is 0 Å². The molecular formula is C11H15Cl2NO2. The number of hydrogen-bond donors (Lipinski definition) is 0. The average Bonchev–Trinajstić information content (AvgIpc) is 2.66. The summed E-state index contributed by atoms with van der Waals surface area (Å²) in [4.78, 5) is 13.6. The van der Waals surface area contributed by atoms with Crippen LogP contribution in [0, 0.1) is 0 Å². The van der Waals surface area contributed by atoms with Gasteiger partial charge in [-0.1, -0.05) is 0 Å². The maximum Gasteiger partial charge on any atom is 0.289 e. The second kappa shape index (κ2) is 6.16. The summed E-state index contributed by atoms with van der Waals surface area (Å²) in [5, 5.41) is -0.233. The zero-order valence-corrected chi connectivity index (χ0v) is 10.8. The molecule has 0 aliphatic rings. The third-order valence-electron chi connectivity index (χ3n) is 1.96. The topological polar surface area (TPSA) is 33.5 Å². The summed E-state index contributed by atoms with van der Waals surface area (Å²) in [6.07, 6.45) is 1.47. The van der Waals surface area contributed by atoms with Crippen LogP contribution in [-0.2, 0) is 0 Å². The molecule has 0 radical (unpaired) electrons. The van der Waals surface area contributed by atoms with E-state index in [0.29, 0.717) is 18.8 Å². The molecule has 1 heterocycles. The van der Waals surface area contributed by atoms with Crippen LogP contribution in [0.2, 0.25) is 0 Å². The molecule has 3 nitrogen and oxygen atoms in total. The van der Waals surface area contributed by atoms with Gasteiger partial charge in [0.2, 0.25) is 0 Å². The molecule has 0 saturated carbocycles. The SMILES string of the molecule is CC(Cl)CN(CC(C)Cl)C(=O)c1ccco1. The average molecular weight is 264 g/mol. The lowest BCUT2D eigenvalue weighted by Crippen LogP contribution is -2.38. The second-order valence-corrected chi connectivity index (χ2v) is 5.24. The van der Waals surface area contributed by atoms with Gasteiger partial charge in [-0.25, -0.2) is 0 Å². The Kier molecular flexibility index (Phi) is 5.16. The molecule has 2 unspecified atom stereocenters. The van der Waals surface area contributed by atoms with Gasteiger partial charge >= 0.3 is 0 Å². The first-order valence-electron chi connectivity index (χ1n) is 5.11. The van der Waals surface area contributed by atoms with Gasteiger partial charge in [-0.05, 0) is 26.0 Å².